The number of aliphatic hydroxyl groups excluding tert-OH is 1. The number of phosphoric ester groups is 2. The van der Waals surface area contributed by atoms with E-state index in [1.807, 2.05) is 0 Å². The Kier molecular flexibility index (Phi) is 14.4. The molecule has 0 amide bonds. The van der Waals surface area contributed by atoms with Gasteiger partial charge < -0.3 is 29.4 Å². The lowest BCUT2D eigenvalue weighted by molar-refractivity contribution is -0.205. The lowest BCUT2D eigenvalue weighted by Crippen LogP contribution is -2.62. The van der Waals surface area contributed by atoms with Gasteiger partial charge in [-0.05, 0) is 19.3 Å². The summed E-state index contributed by atoms with van der Waals surface area (Å²) >= 11 is 23.3. The van der Waals surface area contributed by atoms with Crippen LogP contribution in [0, 0.1) is 5.41 Å². The van der Waals surface area contributed by atoms with Gasteiger partial charge in [0.2, 0.25) is 0 Å². The van der Waals surface area contributed by atoms with E-state index < -0.39 is 46.0 Å². The van der Waals surface area contributed by atoms with Crippen molar-refractivity contribution >= 4 is 62.0 Å². The molecular weight excluding hydrogens is 520 g/mol. The molecule has 10 nitrogen and oxygen atoms in total. The fourth-order valence-corrected chi connectivity index (χ4v) is 5.08. The maximum atomic E-state index is 11.6. The van der Waals surface area contributed by atoms with Gasteiger partial charge in [-0.25, -0.2) is 9.13 Å². The van der Waals surface area contributed by atoms with E-state index in [1.165, 1.54) is 0 Å². The normalized spacial score (nSPS) is 16.6. The zero-order chi connectivity index (χ0) is 22.8. The van der Waals surface area contributed by atoms with Crippen LogP contribution in [0.25, 0.3) is 0 Å². The minimum Gasteiger partial charge on any atom is -0.395 e. The molecule has 0 aromatic carbocycles. The van der Waals surface area contributed by atoms with Gasteiger partial charge in [0.25, 0.3) is 0 Å². The molecule has 5 N–H and O–H groups in total. The number of hydrogen-bond acceptors (Lipinski definition) is 6. The number of ether oxygens (including phenoxy) is 1. The molecule has 0 bridgehead atoms. The molecule has 0 aliphatic rings. The van der Waals surface area contributed by atoms with Crippen molar-refractivity contribution in [3.8, 4) is 0 Å². The van der Waals surface area contributed by atoms with E-state index in [0.29, 0.717) is 0 Å². The predicted octanol–water partition coefficient (Wildman–Crippen LogP) is 2.43. The number of rotatable bonds is 17. The highest BCUT2D eigenvalue weighted by atomic mass is 35.5. The second kappa shape index (κ2) is 13.8. The van der Waals surface area contributed by atoms with Gasteiger partial charge in [0.15, 0.2) is 0 Å². The zero-order valence-electron chi connectivity index (χ0n) is 15.3. The van der Waals surface area contributed by atoms with Crippen LogP contribution in [-0.4, -0.2) is 79.7 Å². The van der Waals surface area contributed by atoms with Crippen molar-refractivity contribution in [2.45, 2.75) is 31.0 Å². The lowest BCUT2D eigenvalue weighted by atomic mass is 9.65. The zero-order valence-corrected chi connectivity index (χ0v) is 20.1. The molecule has 2 atom stereocenters. The summed E-state index contributed by atoms with van der Waals surface area (Å²) in [6.45, 7) is -1.90. The number of phosphoric acid groups is 2. The average Bonchev–Trinajstić information content (AvgIpc) is 2.59. The van der Waals surface area contributed by atoms with Crippen LogP contribution in [0.2, 0.25) is 0 Å². The first-order chi connectivity index (χ1) is 13.4. The van der Waals surface area contributed by atoms with Crippen molar-refractivity contribution in [3.05, 3.63) is 0 Å². The Balaban J connectivity index is 6.66. The molecule has 0 aliphatic heterocycles. The topological polar surface area (TPSA) is 163 Å². The minimum atomic E-state index is -5.13. The monoisotopic (exact) mass is 544 g/mol. The molecule has 2 unspecified atom stereocenters. The maximum Gasteiger partial charge on any atom is 0.469 e. The fourth-order valence-electron chi connectivity index (χ4n) is 3.15. The number of alkyl halides is 4. The molecule has 0 heterocycles. The summed E-state index contributed by atoms with van der Waals surface area (Å²) in [6, 6.07) is 0. The van der Waals surface area contributed by atoms with E-state index in [0.717, 1.165) is 0 Å². The van der Waals surface area contributed by atoms with Crippen molar-refractivity contribution in [1.29, 1.82) is 0 Å². The van der Waals surface area contributed by atoms with E-state index in [-0.39, 0.29) is 49.4 Å². The molecule has 0 radical (unpaired) electrons. The standard InChI is InChI=1S/C13H26Cl4O10P2/c14-4-1-11(27-29(22,23)24)12(9-18,10-26-28(19,20)21)13(2-5-15,3-6-16)25-8-7-17/h11,18H,1-10H2,(H2,19,20,21)(H2,22,23,24). The molecule has 0 fully saturated rings. The second-order valence-electron chi connectivity index (χ2n) is 6.05. The van der Waals surface area contributed by atoms with Gasteiger partial charge in [0, 0.05) is 23.5 Å². The van der Waals surface area contributed by atoms with Crippen molar-refractivity contribution in [3.63, 3.8) is 0 Å². The third-order valence-corrected chi connectivity index (χ3v) is 6.13. The summed E-state index contributed by atoms with van der Waals surface area (Å²) in [5, 5.41) is 10.3. The summed E-state index contributed by atoms with van der Waals surface area (Å²) in [5.74, 6) is -0.275. The van der Waals surface area contributed by atoms with Gasteiger partial charge in [-0.2, -0.15) is 0 Å². The average molecular weight is 546 g/mol. The van der Waals surface area contributed by atoms with Crippen molar-refractivity contribution in [2.75, 3.05) is 43.3 Å². The Morgan fingerprint density at radius 3 is 1.76 bits per heavy atom. The van der Waals surface area contributed by atoms with Gasteiger partial charge in [0.1, 0.15) is 0 Å². The number of aliphatic hydroxyl groups is 1. The maximum absolute atomic E-state index is 11.6. The second-order valence-corrected chi connectivity index (χ2v) is 9.99. The van der Waals surface area contributed by atoms with Crippen LogP contribution in [0.3, 0.4) is 0 Å². The van der Waals surface area contributed by atoms with E-state index >= 15 is 0 Å². The number of hydrogen-bond donors (Lipinski definition) is 5. The molecule has 176 valence electrons. The summed E-state index contributed by atoms with van der Waals surface area (Å²) in [6.07, 6.45) is -1.84. The fraction of sp³-hybridized carbons (Fsp3) is 1.00. The number of halogens is 4. The molecular formula is C13H26Cl4O10P2. The molecule has 16 heteroatoms. The van der Waals surface area contributed by atoms with E-state index in [2.05, 4.69) is 4.52 Å². The van der Waals surface area contributed by atoms with Crippen LogP contribution >= 0.6 is 62.0 Å². The van der Waals surface area contributed by atoms with Gasteiger partial charge in [-0.1, -0.05) is 0 Å². The highest BCUT2D eigenvalue weighted by Gasteiger charge is 2.58. The van der Waals surface area contributed by atoms with Crippen LogP contribution < -0.4 is 0 Å². The Morgan fingerprint density at radius 2 is 1.41 bits per heavy atom. The smallest absolute Gasteiger partial charge is 0.395 e. The molecule has 0 aliphatic carbocycles. The minimum absolute atomic E-state index is 0.00665. The molecule has 0 aromatic rings. The SMILES string of the molecule is O=P(O)(O)OCC(CO)(C(CCCl)OP(=O)(O)O)C(CCCl)(CCCl)OCCCl. The van der Waals surface area contributed by atoms with Crippen LogP contribution in [0.5, 0.6) is 0 Å². The first kappa shape index (κ1) is 30.3. The van der Waals surface area contributed by atoms with Gasteiger partial charge in [-0.3, -0.25) is 9.05 Å². The largest absolute Gasteiger partial charge is 0.469 e. The molecule has 29 heavy (non-hydrogen) atoms. The Labute approximate surface area is 189 Å². The molecule has 0 aromatic heterocycles. The first-order valence-corrected chi connectivity index (χ1v) is 13.5. The van der Waals surface area contributed by atoms with Gasteiger partial charge in [0.05, 0.1) is 36.9 Å². The third kappa shape index (κ3) is 9.76. The molecule has 0 saturated carbocycles. The van der Waals surface area contributed by atoms with E-state index in [1.54, 1.807) is 0 Å². The highest BCUT2D eigenvalue weighted by molar-refractivity contribution is 7.46. The van der Waals surface area contributed by atoms with Crippen molar-refractivity contribution in [2.24, 2.45) is 5.41 Å². The van der Waals surface area contributed by atoms with E-state index in [4.69, 9.17) is 55.7 Å². The Bertz CT molecular complexity index is 554. The molecule has 0 rings (SSSR count). The lowest BCUT2D eigenvalue weighted by Gasteiger charge is -2.52. The van der Waals surface area contributed by atoms with Gasteiger partial charge >= 0.3 is 15.6 Å². The van der Waals surface area contributed by atoms with Crippen molar-refractivity contribution < 1.29 is 47.6 Å². The van der Waals surface area contributed by atoms with Crippen LogP contribution in [0.4, 0.5) is 0 Å². The summed E-state index contributed by atoms with van der Waals surface area (Å²) in [5.41, 5.74) is -3.48. The molecule has 0 spiro atoms. The van der Waals surface area contributed by atoms with Crippen LogP contribution in [-0.2, 0) is 22.9 Å². The summed E-state index contributed by atoms with van der Waals surface area (Å²) < 4.78 is 38.3. The van der Waals surface area contributed by atoms with Crippen molar-refractivity contribution in [1.82, 2.24) is 0 Å². The highest BCUT2D eigenvalue weighted by Crippen LogP contribution is 2.53. The predicted molar refractivity (Wildman–Crippen MR) is 110 cm³/mol. The van der Waals surface area contributed by atoms with E-state index in [9.17, 15) is 33.8 Å². The Hall–Kier alpha value is 1.30. The first-order valence-electron chi connectivity index (χ1n) is 8.29. The summed E-state index contributed by atoms with van der Waals surface area (Å²) in [4.78, 5) is 37.1. The Morgan fingerprint density at radius 1 is 0.862 bits per heavy atom. The quantitative estimate of drug-likeness (QED) is 0.135. The third-order valence-electron chi connectivity index (χ3n) is 4.38. The molecule has 0 saturated heterocycles. The van der Waals surface area contributed by atoms with Gasteiger partial charge in [-0.15, -0.1) is 46.4 Å². The van der Waals surface area contributed by atoms with Crippen LogP contribution in [0.1, 0.15) is 19.3 Å². The summed E-state index contributed by atoms with van der Waals surface area (Å²) in [7, 11) is -10.2. The van der Waals surface area contributed by atoms with Crippen LogP contribution in [0.15, 0.2) is 0 Å².